The molecule has 0 spiro atoms. The molecule has 5 heteroatoms. The normalized spacial score (nSPS) is 18.8. The molecule has 2 aromatic rings. The van der Waals surface area contributed by atoms with Gasteiger partial charge in [-0.1, -0.05) is 54.6 Å². The number of esters is 1. The Kier molecular flexibility index (Phi) is 5.33. The van der Waals surface area contributed by atoms with E-state index in [1.54, 1.807) is 0 Å². The van der Waals surface area contributed by atoms with Gasteiger partial charge in [-0.25, -0.2) is 4.79 Å². The molecule has 1 aliphatic carbocycles. The highest BCUT2D eigenvalue weighted by molar-refractivity contribution is 5.69. The largest absolute Gasteiger partial charge is 0.460 e. The average Bonchev–Trinajstić information content (AvgIpc) is 2.62. The first-order valence-electron chi connectivity index (χ1n) is 8.35. The molecule has 0 saturated carbocycles. The number of benzene rings is 2. The number of amides is 1. The van der Waals surface area contributed by atoms with Crippen molar-refractivity contribution < 1.29 is 19.1 Å². The first-order chi connectivity index (χ1) is 12.1. The van der Waals surface area contributed by atoms with Crippen LogP contribution >= 0.6 is 0 Å². The topological polar surface area (TPSA) is 64.6 Å². The fourth-order valence-electron chi connectivity index (χ4n) is 3.13. The zero-order valence-corrected chi connectivity index (χ0v) is 14.1. The zero-order valence-electron chi connectivity index (χ0n) is 14.1. The van der Waals surface area contributed by atoms with Crippen molar-refractivity contribution in [3.63, 3.8) is 0 Å². The Labute approximate surface area is 147 Å². The minimum Gasteiger partial charge on any atom is -0.460 e. The van der Waals surface area contributed by atoms with E-state index < -0.39 is 18.2 Å². The van der Waals surface area contributed by atoms with Crippen LogP contribution < -0.4 is 5.32 Å². The van der Waals surface area contributed by atoms with E-state index in [4.69, 9.17) is 9.47 Å². The van der Waals surface area contributed by atoms with Gasteiger partial charge in [-0.05, 0) is 29.5 Å². The second kappa shape index (κ2) is 7.83. The number of aryl methyl sites for hydroxylation is 1. The van der Waals surface area contributed by atoms with Gasteiger partial charge >= 0.3 is 12.1 Å². The maximum atomic E-state index is 12.3. The van der Waals surface area contributed by atoms with Crippen molar-refractivity contribution in [2.75, 3.05) is 0 Å². The van der Waals surface area contributed by atoms with E-state index in [0.29, 0.717) is 6.42 Å². The van der Waals surface area contributed by atoms with Crippen LogP contribution in [0.25, 0.3) is 0 Å². The van der Waals surface area contributed by atoms with Crippen LogP contribution in [-0.2, 0) is 27.3 Å². The van der Waals surface area contributed by atoms with Crippen molar-refractivity contribution in [2.24, 2.45) is 0 Å². The van der Waals surface area contributed by atoms with Crippen LogP contribution in [0.15, 0.2) is 54.6 Å². The molecule has 0 radical (unpaired) electrons. The molecule has 0 heterocycles. The van der Waals surface area contributed by atoms with E-state index in [1.165, 1.54) is 6.92 Å². The lowest BCUT2D eigenvalue weighted by Gasteiger charge is -2.33. The second-order valence-corrected chi connectivity index (χ2v) is 6.07. The molecule has 1 aliphatic rings. The number of fused-ring (bicyclic) bond motifs is 1. The number of hydrogen-bond acceptors (Lipinski definition) is 4. The molecule has 0 aromatic heterocycles. The van der Waals surface area contributed by atoms with Crippen LogP contribution in [0.2, 0.25) is 0 Å². The Bertz CT molecular complexity index is 744. The monoisotopic (exact) mass is 339 g/mol. The van der Waals surface area contributed by atoms with Crippen LogP contribution in [0.4, 0.5) is 4.79 Å². The first kappa shape index (κ1) is 17.0. The maximum absolute atomic E-state index is 12.3. The maximum Gasteiger partial charge on any atom is 0.408 e. The van der Waals surface area contributed by atoms with E-state index in [9.17, 15) is 9.59 Å². The molecule has 0 fully saturated rings. The van der Waals surface area contributed by atoms with Crippen LogP contribution in [0, 0.1) is 0 Å². The van der Waals surface area contributed by atoms with Crippen LogP contribution in [0.5, 0.6) is 0 Å². The van der Waals surface area contributed by atoms with Gasteiger partial charge in [-0.2, -0.15) is 0 Å². The summed E-state index contributed by atoms with van der Waals surface area (Å²) in [5.74, 6) is -0.353. The van der Waals surface area contributed by atoms with Crippen molar-refractivity contribution in [2.45, 2.75) is 38.5 Å². The molecule has 2 aromatic carbocycles. The van der Waals surface area contributed by atoms with Crippen molar-refractivity contribution in [3.8, 4) is 0 Å². The third-order valence-electron chi connectivity index (χ3n) is 4.26. The Morgan fingerprint density at radius 3 is 2.56 bits per heavy atom. The average molecular weight is 339 g/mol. The summed E-state index contributed by atoms with van der Waals surface area (Å²) in [4.78, 5) is 23.7. The molecule has 0 saturated heterocycles. The zero-order chi connectivity index (χ0) is 17.6. The molecule has 5 nitrogen and oxygen atoms in total. The van der Waals surface area contributed by atoms with E-state index >= 15 is 0 Å². The molecular formula is C20H21NO4. The number of carbonyl (C=O) groups is 2. The Balaban J connectivity index is 1.70. The van der Waals surface area contributed by atoms with Crippen LogP contribution in [-0.4, -0.2) is 18.2 Å². The van der Waals surface area contributed by atoms with Gasteiger partial charge in [-0.15, -0.1) is 0 Å². The Morgan fingerprint density at radius 2 is 1.80 bits per heavy atom. The molecule has 0 bridgehead atoms. The van der Waals surface area contributed by atoms with Crippen molar-refractivity contribution in [3.05, 3.63) is 71.3 Å². The van der Waals surface area contributed by atoms with Gasteiger partial charge < -0.3 is 14.8 Å². The number of rotatable bonds is 4. The molecule has 1 amide bonds. The number of ether oxygens (including phenoxy) is 2. The van der Waals surface area contributed by atoms with Gasteiger partial charge in [0.05, 0.1) is 6.04 Å². The number of alkyl carbamates (subject to hydrolysis) is 1. The molecule has 0 aliphatic heterocycles. The standard InChI is InChI=1S/C20H21NO4/c1-14(22)25-18-12-11-16-9-5-6-10-17(16)19(18)21-20(23)24-13-15-7-3-2-4-8-15/h2-10,18-19H,11-13H2,1H3,(H,21,23)/t18-,19+/m0/s1. The summed E-state index contributed by atoms with van der Waals surface area (Å²) < 4.78 is 10.7. The summed E-state index contributed by atoms with van der Waals surface area (Å²) in [6, 6.07) is 16.9. The van der Waals surface area contributed by atoms with Gasteiger partial charge in [0.15, 0.2) is 0 Å². The fourth-order valence-corrected chi connectivity index (χ4v) is 3.13. The summed E-state index contributed by atoms with van der Waals surface area (Å²) in [6.45, 7) is 1.57. The third-order valence-corrected chi connectivity index (χ3v) is 4.26. The lowest BCUT2D eigenvalue weighted by Crippen LogP contribution is -2.41. The summed E-state index contributed by atoms with van der Waals surface area (Å²) >= 11 is 0. The molecular weight excluding hydrogens is 318 g/mol. The molecule has 3 rings (SSSR count). The van der Waals surface area contributed by atoms with E-state index in [1.807, 2.05) is 54.6 Å². The molecule has 25 heavy (non-hydrogen) atoms. The first-order valence-corrected chi connectivity index (χ1v) is 8.35. The van der Waals surface area contributed by atoms with E-state index in [2.05, 4.69) is 5.32 Å². The van der Waals surface area contributed by atoms with Gasteiger partial charge in [0.25, 0.3) is 0 Å². The fraction of sp³-hybridized carbons (Fsp3) is 0.300. The lowest BCUT2D eigenvalue weighted by molar-refractivity contribution is -0.148. The SMILES string of the molecule is CC(=O)O[C@H]1CCc2ccccc2[C@H]1NC(=O)OCc1ccccc1. The molecule has 0 unspecified atom stereocenters. The smallest absolute Gasteiger partial charge is 0.408 e. The number of nitrogens with one attached hydrogen (secondary N) is 1. The highest BCUT2D eigenvalue weighted by Crippen LogP contribution is 2.32. The predicted octanol–water partition coefficient (Wildman–Crippen LogP) is 3.53. The summed E-state index contributed by atoms with van der Waals surface area (Å²) in [5.41, 5.74) is 3.04. The van der Waals surface area contributed by atoms with Gasteiger partial charge in [0.1, 0.15) is 12.7 Å². The summed E-state index contributed by atoms with van der Waals surface area (Å²) in [5, 5.41) is 2.86. The highest BCUT2D eigenvalue weighted by atomic mass is 16.6. The van der Waals surface area contributed by atoms with Crippen molar-refractivity contribution in [1.82, 2.24) is 5.32 Å². The minimum atomic E-state index is -0.525. The molecule has 130 valence electrons. The van der Waals surface area contributed by atoms with Crippen LogP contribution in [0.1, 0.15) is 36.1 Å². The second-order valence-electron chi connectivity index (χ2n) is 6.07. The summed E-state index contributed by atoms with van der Waals surface area (Å²) in [7, 11) is 0. The predicted molar refractivity (Wildman–Crippen MR) is 92.8 cm³/mol. The summed E-state index contributed by atoms with van der Waals surface area (Å²) in [6.07, 6.45) is 0.561. The van der Waals surface area contributed by atoms with Gasteiger partial charge in [0.2, 0.25) is 0 Å². The van der Waals surface area contributed by atoms with E-state index in [0.717, 1.165) is 23.1 Å². The molecule has 2 atom stereocenters. The highest BCUT2D eigenvalue weighted by Gasteiger charge is 2.33. The number of hydrogen-bond donors (Lipinski definition) is 1. The third kappa shape index (κ3) is 4.38. The lowest BCUT2D eigenvalue weighted by atomic mass is 9.85. The minimum absolute atomic E-state index is 0.194. The van der Waals surface area contributed by atoms with Crippen molar-refractivity contribution >= 4 is 12.1 Å². The van der Waals surface area contributed by atoms with E-state index in [-0.39, 0.29) is 12.6 Å². The van der Waals surface area contributed by atoms with Crippen LogP contribution in [0.3, 0.4) is 0 Å². The number of carbonyl (C=O) groups excluding carboxylic acids is 2. The Hall–Kier alpha value is -2.82. The Morgan fingerprint density at radius 1 is 1.08 bits per heavy atom. The molecule has 1 N–H and O–H groups in total. The quantitative estimate of drug-likeness (QED) is 0.866. The van der Waals surface area contributed by atoms with Gasteiger partial charge in [-0.3, -0.25) is 4.79 Å². The van der Waals surface area contributed by atoms with Gasteiger partial charge in [0, 0.05) is 6.92 Å². The van der Waals surface area contributed by atoms with Crippen molar-refractivity contribution in [1.29, 1.82) is 0 Å².